The molecule has 1 nitrogen and oxygen atoms in total. The van der Waals surface area contributed by atoms with Gasteiger partial charge in [0, 0.05) is 0 Å². The molecule has 3 aromatic carbocycles. The molecular formula is C21H21NS. The minimum absolute atomic E-state index is 0.0348. The van der Waals surface area contributed by atoms with Gasteiger partial charge in [-0.25, -0.2) is 0 Å². The van der Waals surface area contributed by atoms with Crippen LogP contribution in [0.1, 0.15) is 19.4 Å². The Bertz CT molecular complexity index is 684. The third-order valence-corrected chi connectivity index (χ3v) is 5.07. The lowest BCUT2D eigenvalue weighted by Gasteiger charge is -2.33. The van der Waals surface area contributed by atoms with Gasteiger partial charge in [0.05, 0.1) is 16.1 Å². The molecule has 0 bridgehead atoms. The second kappa shape index (κ2) is 6.93. The van der Waals surface area contributed by atoms with Gasteiger partial charge in [-0.05, 0) is 55.6 Å². The monoisotopic (exact) mass is 319 g/mol. The van der Waals surface area contributed by atoms with E-state index in [1.807, 2.05) is 11.9 Å². The Hall–Kier alpha value is -2.19. The van der Waals surface area contributed by atoms with Crippen LogP contribution in [0.5, 0.6) is 0 Å². The molecule has 0 aliphatic carbocycles. The number of hydrogen-bond donors (Lipinski definition) is 0. The van der Waals surface area contributed by atoms with Crippen LogP contribution in [0.15, 0.2) is 91.0 Å². The SMILES string of the molecule is CC(C)(SN(c1ccccc1)c1ccccc1)c1ccccc1. The number of hydrogen-bond acceptors (Lipinski definition) is 2. The Balaban J connectivity index is 1.97. The maximum Gasteiger partial charge on any atom is 0.0555 e. The molecule has 0 aliphatic heterocycles. The molecule has 0 saturated heterocycles. The van der Waals surface area contributed by atoms with Crippen LogP contribution in [-0.2, 0) is 4.75 Å². The lowest BCUT2D eigenvalue weighted by molar-refractivity contribution is 0.782. The summed E-state index contributed by atoms with van der Waals surface area (Å²) in [6, 6.07) is 31.7. The summed E-state index contributed by atoms with van der Waals surface area (Å²) in [5.74, 6) is 0. The molecule has 23 heavy (non-hydrogen) atoms. The predicted octanol–water partition coefficient (Wildman–Crippen LogP) is 6.41. The second-order valence-electron chi connectivity index (χ2n) is 5.93. The molecule has 0 unspecified atom stereocenters. The van der Waals surface area contributed by atoms with Crippen LogP contribution in [-0.4, -0.2) is 0 Å². The minimum Gasteiger partial charge on any atom is -0.284 e. The highest BCUT2D eigenvalue weighted by Crippen LogP contribution is 2.44. The van der Waals surface area contributed by atoms with Gasteiger partial charge in [-0.1, -0.05) is 66.7 Å². The molecule has 0 radical (unpaired) electrons. The molecule has 0 N–H and O–H groups in total. The van der Waals surface area contributed by atoms with E-state index >= 15 is 0 Å². The standard InChI is InChI=1S/C21H21NS/c1-21(2,18-12-6-3-7-13-18)23-22(19-14-8-4-9-15-19)20-16-10-5-11-17-20/h3-17H,1-2H3. The number of nitrogens with zero attached hydrogens (tertiary/aromatic N) is 1. The molecule has 0 amide bonds. The normalized spacial score (nSPS) is 11.2. The molecule has 0 fully saturated rings. The van der Waals surface area contributed by atoms with Crippen molar-refractivity contribution in [1.82, 2.24) is 0 Å². The zero-order chi connectivity index (χ0) is 16.1. The fourth-order valence-electron chi connectivity index (χ4n) is 2.50. The van der Waals surface area contributed by atoms with Gasteiger partial charge < -0.3 is 0 Å². The fraction of sp³-hybridized carbons (Fsp3) is 0.143. The Morgan fingerprint density at radius 1 is 0.609 bits per heavy atom. The fourth-order valence-corrected chi connectivity index (χ4v) is 3.65. The maximum absolute atomic E-state index is 2.31. The van der Waals surface area contributed by atoms with Crippen LogP contribution in [0, 0.1) is 0 Å². The largest absolute Gasteiger partial charge is 0.284 e. The third-order valence-electron chi connectivity index (χ3n) is 3.77. The predicted molar refractivity (Wildman–Crippen MR) is 102 cm³/mol. The van der Waals surface area contributed by atoms with E-state index in [1.54, 1.807) is 0 Å². The van der Waals surface area contributed by atoms with Crippen molar-refractivity contribution >= 4 is 23.3 Å². The quantitative estimate of drug-likeness (QED) is 0.500. The highest BCUT2D eigenvalue weighted by atomic mass is 32.2. The van der Waals surface area contributed by atoms with Crippen molar-refractivity contribution in [3.8, 4) is 0 Å². The van der Waals surface area contributed by atoms with Crippen molar-refractivity contribution in [3.05, 3.63) is 96.6 Å². The van der Waals surface area contributed by atoms with Gasteiger partial charge >= 0.3 is 0 Å². The summed E-state index contributed by atoms with van der Waals surface area (Å²) >= 11 is 1.84. The van der Waals surface area contributed by atoms with Crippen LogP contribution >= 0.6 is 11.9 Å². The molecule has 0 atom stereocenters. The van der Waals surface area contributed by atoms with Gasteiger partial charge in [0.25, 0.3) is 0 Å². The molecule has 0 spiro atoms. The van der Waals surface area contributed by atoms with Gasteiger partial charge in [0.2, 0.25) is 0 Å². The van der Waals surface area contributed by atoms with Gasteiger partial charge in [-0.2, -0.15) is 0 Å². The number of para-hydroxylation sites is 2. The lowest BCUT2D eigenvalue weighted by atomic mass is 10.0. The maximum atomic E-state index is 2.31. The van der Waals surface area contributed by atoms with E-state index in [0.29, 0.717) is 0 Å². The van der Waals surface area contributed by atoms with E-state index in [0.717, 1.165) is 0 Å². The van der Waals surface area contributed by atoms with E-state index in [4.69, 9.17) is 0 Å². The average Bonchev–Trinajstić information content (AvgIpc) is 2.62. The molecular weight excluding hydrogens is 298 g/mol. The molecule has 0 aliphatic rings. The number of rotatable bonds is 5. The Morgan fingerprint density at radius 2 is 1.00 bits per heavy atom. The summed E-state index contributed by atoms with van der Waals surface area (Å²) < 4.78 is 2.28. The van der Waals surface area contributed by atoms with Gasteiger partial charge in [0.15, 0.2) is 0 Å². The zero-order valence-corrected chi connectivity index (χ0v) is 14.3. The zero-order valence-electron chi connectivity index (χ0n) is 13.5. The Labute approximate surface area is 143 Å². The smallest absolute Gasteiger partial charge is 0.0555 e. The van der Waals surface area contributed by atoms with E-state index < -0.39 is 0 Å². The van der Waals surface area contributed by atoms with Crippen molar-refractivity contribution in [1.29, 1.82) is 0 Å². The molecule has 2 heteroatoms. The Morgan fingerprint density at radius 3 is 1.43 bits per heavy atom. The minimum atomic E-state index is -0.0348. The molecule has 116 valence electrons. The van der Waals surface area contributed by atoms with Crippen molar-refractivity contribution in [2.45, 2.75) is 18.6 Å². The summed E-state index contributed by atoms with van der Waals surface area (Å²) in [5.41, 5.74) is 3.70. The Kier molecular flexibility index (Phi) is 4.73. The summed E-state index contributed by atoms with van der Waals surface area (Å²) in [6.45, 7) is 4.54. The van der Waals surface area contributed by atoms with E-state index in [1.165, 1.54) is 16.9 Å². The first kappa shape index (κ1) is 15.7. The molecule has 0 aromatic heterocycles. The summed E-state index contributed by atoms with van der Waals surface area (Å²) in [5, 5.41) is 0. The summed E-state index contributed by atoms with van der Waals surface area (Å²) in [4.78, 5) is 0. The van der Waals surface area contributed by atoms with Crippen molar-refractivity contribution in [2.24, 2.45) is 0 Å². The van der Waals surface area contributed by atoms with Crippen molar-refractivity contribution < 1.29 is 0 Å². The van der Waals surface area contributed by atoms with E-state index in [-0.39, 0.29) is 4.75 Å². The first-order valence-electron chi connectivity index (χ1n) is 7.82. The number of anilines is 2. The van der Waals surface area contributed by atoms with Crippen LogP contribution in [0.3, 0.4) is 0 Å². The molecule has 0 saturated carbocycles. The highest BCUT2D eigenvalue weighted by Gasteiger charge is 2.26. The summed E-state index contributed by atoms with van der Waals surface area (Å²) in [7, 11) is 0. The van der Waals surface area contributed by atoms with Gasteiger partial charge in [-0.15, -0.1) is 0 Å². The van der Waals surface area contributed by atoms with Crippen molar-refractivity contribution in [2.75, 3.05) is 4.31 Å². The molecule has 0 heterocycles. The topological polar surface area (TPSA) is 3.24 Å². The average molecular weight is 319 g/mol. The van der Waals surface area contributed by atoms with Crippen LogP contribution in [0.2, 0.25) is 0 Å². The first-order valence-corrected chi connectivity index (χ1v) is 8.59. The van der Waals surface area contributed by atoms with Gasteiger partial charge in [0.1, 0.15) is 0 Å². The van der Waals surface area contributed by atoms with E-state index in [9.17, 15) is 0 Å². The highest BCUT2D eigenvalue weighted by molar-refractivity contribution is 8.01. The third kappa shape index (κ3) is 3.77. The molecule has 3 rings (SSSR count). The van der Waals surface area contributed by atoms with Crippen LogP contribution in [0.4, 0.5) is 11.4 Å². The second-order valence-corrected chi connectivity index (χ2v) is 7.50. The van der Waals surface area contributed by atoms with E-state index in [2.05, 4.69) is 109 Å². The van der Waals surface area contributed by atoms with Crippen LogP contribution < -0.4 is 4.31 Å². The van der Waals surface area contributed by atoms with Crippen LogP contribution in [0.25, 0.3) is 0 Å². The number of benzene rings is 3. The molecule has 3 aromatic rings. The lowest BCUT2D eigenvalue weighted by Crippen LogP contribution is -2.20. The summed E-state index contributed by atoms with van der Waals surface area (Å²) in [6.07, 6.45) is 0. The van der Waals surface area contributed by atoms with Gasteiger partial charge in [-0.3, -0.25) is 4.31 Å². The first-order chi connectivity index (χ1) is 11.2. The van der Waals surface area contributed by atoms with Crippen molar-refractivity contribution in [3.63, 3.8) is 0 Å².